The molecule has 8 heteroatoms. The first-order valence-electron chi connectivity index (χ1n) is 7.16. The second-order valence-corrected chi connectivity index (χ2v) is 8.95. The topological polar surface area (TPSA) is 101 Å². The number of hydrogen-bond donors (Lipinski definition) is 2. The third-order valence-corrected chi connectivity index (χ3v) is 6.16. The van der Waals surface area contributed by atoms with Crippen molar-refractivity contribution in [2.24, 2.45) is 0 Å². The molecular weight excluding hydrogens is 338 g/mol. The standard InChI is InChI=1S/C15H21NO5S2/c1-4-23(20,21)9-10(2)16-14(17)12-7-5-6-8-13(12)22-11(3)15(18)19/h5-8,10-11H,4,9H2,1-3H3,(H,16,17)(H,18,19). The Balaban J connectivity index is 2.86. The van der Waals surface area contributed by atoms with E-state index in [2.05, 4.69) is 5.32 Å². The van der Waals surface area contributed by atoms with Crippen molar-refractivity contribution in [3.63, 3.8) is 0 Å². The van der Waals surface area contributed by atoms with E-state index in [0.29, 0.717) is 10.5 Å². The molecule has 2 atom stereocenters. The zero-order valence-electron chi connectivity index (χ0n) is 13.3. The highest BCUT2D eigenvalue weighted by atomic mass is 32.2. The summed E-state index contributed by atoms with van der Waals surface area (Å²) in [5, 5.41) is 10.9. The molecule has 0 aliphatic carbocycles. The maximum atomic E-state index is 12.3. The molecule has 0 aliphatic heterocycles. The van der Waals surface area contributed by atoms with E-state index in [1.165, 1.54) is 6.92 Å². The molecule has 0 spiro atoms. The Morgan fingerprint density at radius 3 is 2.43 bits per heavy atom. The Bertz CT molecular complexity index is 672. The monoisotopic (exact) mass is 359 g/mol. The average Bonchev–Trinajstić information content (AvgIpc) is 2.46. The van der Waals surface area contributed by atoms with Gasteiger partial charge in [0.2, 0.25) is 0 Å². The molecule has 0 heterocycles. The fourth-order valence-corrected chi connectivity index (χ4v) is 3.85. The summed E-state index contributed by atoms with van der Waals surface area (Å²) in [4.78, 5) is 23.8. The number of thioether (sulfide) groups is 1. The Morgan fingerprint density at radius 2 is 1.87 bits per heavy atom. The number of rotatable bonds is 8. The predicted octanol–water partition coefficient (Wildman–Crippen LogP) is 1.80. The highest BCUT2D eigenvalue weighted by molar-refractivity contribution is 8.00. The minimum absolute atomic E-state index is 0.0236. The SMILES string of the molecule is CCS(=O)(=O)CC(C)NC(=O)c1ccccc1SC(C)C(=O)O. The Hall–Kier alpha value is -1.54. The molecule has 2 N–H and O–H groups in total. The van der Waals surface area contributed by atoms with E-state index in [0.717, 1.165) is 11.8 Å². The number of aliphatic carboxylic acids is 1. The van der Waals surface area contributed by atoms with Crippen LogP contribution in [0.15, 0.2) is 29.2 Å². The Morgan fingerprint density at radius 1 is 1.26 bits per heavy atom. The number of carboxylic acids is 1. The summed E-state index contributed by atoms with van der Waals surface area (Å²) in [6.45, 7) is 4.72. The summed E-state index contributed by atoms with van der Waals surface area (Å²) in [6.07, 6.45) is 0. The molecule has 23 heavy (non-hydrogen) atoms. The molecule has 128 valence electrons. The smallest absolute Gasteiger partial charge is 0.316 e. The van der Waals surface area contributed by atoms with Crippen LogP contribution in [-0.4, -0.2) is 48.2 Å². The van der Waals surface area contributed by atoms with Gasteiger partial charge in [0.1, 0.15) is 5.25 Å². The molecule has 2 unspecified atom stereocenters. The number of sulfone groups is 1. The van der Waals surface area contributed by atoms with Crippen LogP contribution in [0.3, 0.4) is 0 Å². The van der Waals surface area contributed by atoms with Gasteiger partial charge in [0.05, 0.1) is 11.3 Å². The summed E-state index contributed by atoms with van der Waals surface area (Å²) in [7, 11) is -3.18. The van der Waals surface area contributed by atoms with Gasteiger partial charge >= 0.3 is 5.97 Å². The van der Waals surface area contributed by atoms with Crippen LogP contribution in [0.4, 0.5) is 0 Å². The first-order valence-corrected chi connectivity index (χ1v) is 9.86. The van der Waals surface area contributed by atoms with Crippen LogP contribution in [-0.2, 0) is 14.6 Å². The quantitative estimate of drug-likeness (QED) is 0.687. The van der Waals surface area contributed by atoms with Gasteiger partial charge in [-0.25, -0.2) is 8.42 Å². The predicted molar refractivity (Wildman–Crippen MR) is 90.7 cm³/mol. The van der Waals surface area contributed by atoms with Gasteiger partial charge in [-0.1, -0.05) is 19.1 Å². The molecule has 0 aromatic heterocycles. The lowest BCUT2D eigenvalue weighted by molar-refractivity contribution is -0.136. The lowest BCUT2D eigenvalue weighted by Gasteiger charge is -2.16. The second kappa shape index (κ2) is 8.35. The van der Waals surface area contributed by atoms with E-state index in [1.54, 1.807) is 38.1 Å². The van der Waals surface area contributed by atoms with Gasteiger partial charge in [-0.2, -0.15) is 0 Å². The highest BCUT2D eigenvalue weighted by Gasteiger charge is 2.20. The van der Waals surface area contributed by atoms with Crippen LogP contribution in [0.5, 0.6) is 0 Å². The molecule has 0 aliphatic rings. The third kappa shape index (κ3) is 6.23. The van der Waals surface area contributed by atoms with Crippen molar-refractivity contribution in [1.29, 1.82) is 0 Å². The van der Waals surface area contributed by atoms with Crippen LogP contribution in [0.25, 0.3) is 0 Å². The molecule has 0 saturated heterocycles. The minimum Gasteiger partial charge on any atom is -0.480 e. The molecule has 0 saturated carbocycles. The van der Waals surface area contributed by atoms with Crippen LogP contribution >= 0.6 is 11.8 Å². The summed E-state index contributed by atoms with van der Waals surface area (Å²) >= 11 is 1.07. The highest BCUT2D eigenvalue weighted by Crippen LogP contribution is 2.27. The summed E-state index contributed by atoms with van der Waals surface area (Å²) in [5.74, 6) is -1.48. The van der Waals surface area contributed by atoms with E-state index < -0.39 is 33.0 Å². The van der Waals surface area contributed by atoms with Gasteiger partial charge < -0.3 is 10.4 Å². The van der Waals surface area contributed by atoms with E-state index >= 15 is 0 Å². The van der Waals surface area contributed by atoms with Crippen LogP contribution in [0, 0.1) is 0 Å². The van der Waals surface area contributed by atoms with Gasteiger partial charge in [0.15, 0.2) is 9.84 Å². The van der Waals surface area contributed by atoms with Gasteiger partial charge in [-0.15, -0.1) is 11.8 Å². The second-order valence-electron chi connectivity index (χ2n) is 5.17. The average molecular weight is 359 g/mol. The van der Waals surface area contributed by atoms with Crippen molar-refractivity contribution >= 4 is 33.5 Å². The van der Waals surface area contributed by atoms with Crippen LogP contribution in [0.1, 0.15) is 31.1 Å². The zero-order chi connectivity index (χ0) is 17.6. The molecule has 1 aromatic carbocycles. The first kappa shape index (κ1) is 19.5. The van der Waals surface area contributed by atoms with Crippen molar-refractivity contribution in [2.75, 3.05) is 11.5 Å². The molecule has 0 fully saturated rings. The van der Waals surface area contributed by atoms with Crippen molar-refractivity contribution < 1.29 is 23.1 Å². The Labute approximate surface area is 140 Å². The zero-order valence-corrected chi connectivity index (χ0v) is 14.9. The van der Waals surface area contributed by atoms with E-state index in [4.69, 9.17) is 5.11 Å². The maximum Gasteiger partial charge on any atom is 0.316 e. The van der Waals surface area contributed by atoms with Gasteiger partial charge in [0, 0.05) is 16.7 Å². The maximum absolute atomic E-state index is 12.3. The molecule has 6 nitrogen and oxygen atoms in total. The van der Waals surface area contributed by atoms with Crippen molar-refractivity contribution in [3.05, 3.63) is 29.8 Å². The normalized spacial score (nSPS) is 14.0. The number of carbonyl (C=O) groups excluding carboxylic acids is 1. The molecule has 1 aromatic rings. The van der Waals surface area contributed by atoms with Crippen molar-refractivity contribution in [3.8, 4) is 0 Å². The van der Waals surface area contributed by atoms with Gasteiger partial charge in [-0.05, 0) is 26.0 Å². The largest absolute Gasteiger partial charge is 0.480 e. The number of carbonyl (C=O) groups is 2. The number of benzene rings is 1. The molecular formula is C15H21NO5S2. The number of amides is 1. The van der Waals surface area contributed by atoms with E-state index in [9.17, 15) is 18.0 Å². The minimum atomic E-state index is -3.18. The fraction of sp³-hybridized carbons (Fsp3) is 0.467. The lowest BCUT2D eigenvalue weighted by atomic mass is 10.2. The number of nitrogens with one attached hydrogen (secondary N) is 1. The first-order chi connectivity index (χ1) is 10.7. The molecule has 0 radical (unpaired) electrons. The summed E-state index contributed by atoms with van der Waals surface area (Å²) < 4.78 is 23.2. The fourth-order valence-electron chi connectivity index (χ4n) is 1.84. The van der Waals surface area contributed by atoms with Crippen molar-refractivity contribution in [1.82, 2.24) is 5.32 Å². The number of hydrogen-bond acceptors (Lipinski definition) is 5. The lowest BCUT2D eigenvalue weighted by Crippen LogP contribution is -2.38. The van der Waals surface area contributed by atoms with E-state index in [1.807, 2.05) is 0 Å². The van der Waals surface area contributed by atoms with Crippen molar-refractivity contribution in [2.45, 2.75) is 37.0 Å². The summed E-state index contributed by atoms with van der Waals surface area (Å²) in [6, 6.07) is 6.14. The summed E-state index contributed by atoms with van der Waals surface area (Å²) in [5.41, 5.74) is 0.339. The van der Waals surface area contributed by atoms with Gasteiger partial charge in [-0.3, -0.25) is 9.59 Å². The van der Waals surface area contributed by atoms with Crippen LogP contribution in [0.2, 0.25) is 0 Å². The molecule has 1 amide bonds. The third-order valence-electron chi connectivity index (χ3n) is 3.10. The van der Waals surface area contributed by atoms with E-state index in [-0.39, 0.29) is 11.5 Å². The van der Waals surface area contributed by atoms with Gasteiger partial charge in [0.25, 0.3) is 5.91 Å². The number of carboxylic acid groups (broad SMARTS) is 1. The van der Waals surface area contributed by atoms with Crippen LogP contribution < -0.4 is 5.32 Å². The Kier molecular flexibility index (Phi) is 7.08. The molecule has 0 bridgehead atoms. The molecule has 1 rings (SSSR count).